The maximum atomic E-state index is 5.74. The van der Waals surface area contributed by atoms with Crippen molar-refractivity contribution in [2.45, 2.75) is 31.8 Å². The van der Waals surface area contributed by atoms with Crippen molar-refractivity contribution in [1.29, 1.82) is 0 Å². The second-order valence-electron chi connectivity index (χ2n) is 7.43. The first kappa shape index (κ1) is 19.5. The maximum Gasteiger partial charge on any atom is 0.191 e. The molecule has 1 aliphatic rings. The maximum absolute atomic E-state index is 5.74. The van der Waals surface area contributed by atoms with Gasteiger partial charge in [0.1, 0.15) is 5.76 Å². The highest BCUT2D eigenvalue weighted by molar-refractivity contribution is 5.83. The van der Waals surface area contributed by atoms with Crippen LogP contribution in [0.25, 0.3) is 10.9 Å². The van der Waals surface area contributed by atoms with E-state index in [1.54, 1.807) is 13.3 Å². The number of piperidine rings is 1. The van der Waals surface area contributed by atoms with E-state index in [0.29, 0.717) is 6.54 Å². The van der Waals surface area contributed by atoms with Crippen LogP contribution in [-0.4, -0.2) is 42.5 Å². The minimum atomic E-state index is 0.211. The van der Waals surface area contributed by atoms with E-state index in [1.165, 1.54) is 19.3 Å². The largest absolute Gasteiger partial charge is 0.468 e. The van der Waals surface area contributed by atoms with Crippen LogP contribution in [0.2, 0.25) is 0 Å². The first-order valence-electron chi connectivity index (χ1n) is 10.4. The topological polar surface area (TPSA) is 65.7 Å². The van der Waals surface area contributed by atoms with Gasteiger partial charge in [-0.2, -0.15) is 0 Å². The van der Waals surface area contributed by atoms with Crippen LogP contribution in [-0.2, 0) is 6.54 Å². The molecule has 1 aromatic carbocycles. The van der Waals surface area contributed by atoms with Crippen molar-refractivity contribution >= 4 is 16.9 Å². The van der Waals surface area contributed by atoms with Crippen molar-refractivity contribution in [2.75, 3.05) is 26.7 Å². The lowest BCUT2D eigenvalue weighted by Gasteiger charge is -2.33. The van der Waals surface area contributed by atoms with Gasteiger partial charge in [0.15, 0.2) is 5.96 Å². The van der Waals surface area contributed by atoms with E-state index in [9.17, 15) is 0 Å². The van der Waals surface area contributed by atoms with Crippen LogP contribution in [0, 0.1) is 0 Å². The van der Waals surface area contributed by atoms with Gasteiger partial charge >= 0.3 is 0 Å². The van der Waals surface area contributed by atoms with E-state index < -0.39 is 0 Å². The van der Waals surface area contributed by atoms with E-state index in [2.05, 4.69) is 55.8 Å². The zero-order valence-corrected chi connectivity index (χ0v) is 17.0. The molecular weight excluding hydrogens is 362 g/mol. The summed E-state index contributed by atoms with van der Waals surface area (Å²) in [6.07, 6.45) is 7.41. The summed E-state index contributed by atoms with van der Waals surface area (Å²) in [4.78, 5) is 11.5. The number of fused-ring (bicyclic) bond motifs is 1. The average molecular weight is 392 g/mol. The van der Waals surface area contributed by atoms with Crippen molar-refractivity contribution in [3.05, 3.63) is 66.2 Å². The van der Waals surface area contributed by atoms with Gasteiger partial charge in [0.25, 0.3) is 0 Å². The third kappa shape index (κ3) is 4.77. The molecule has 0 amide bonds. The summed E-state index contributed by atoms with van der Waals surface area (Å²) in [6.45, 7) is 3.64. The predicted octanol–water partition coefficient (Wildman–Crippen LogP) is 3.72. The standard InChI is InChI=1S/C23H29N5O/c1-24-23(26-16-19-9-5-8-18-10-6-12-25-22(18)19)27-17-20(21-11-7-15-29-21)28-13-3-2-4-14-28/h5-12,15,20H,2-4,13-14,16-17H2,1H3,(H2,24,26,27). The first-order chi connectivity index (χ1) is 14.3. The molecule has 3 aromatic rings. The Morgan fingerprint density at radius 3 is 2.76 bits per heavy atom. The predicted molar refractivity (Wildman–Crippen MR) is 117 cm³/mol. The number of hydrogen-bond donors (Lipinski definition) is 2. The van der Waals surface area contributed by atoms with Crippen LogP contribution < -0.4 is 10.6 Å². The van der Waals surface area contributed by atoms with Gasteiger partial charge in [-0.15, -0.1) is 0 Å². The fourth-order valence-corrected chi connectivity index (χ4v) is 4.02. The van der Waals surface area contributed by atoms with Crippen molar-refractivity contribution in [3.63, 3.8) is 0 Å². The summed E-state index contributed by atoms with van der Waals surface area (Å²) in [6, 6.07) is 14.6. The molecule has 2 aromatic heterocycles. The Kier molecular flexibility index (Phi) is 6.42. The number of nitrogens with one attached hydrogen (secondary N) is 2. The first-order valence-corrected chi connectivity index (χ1v) is 10.4. The lowest BCUT2D eigenvalue weighted by molar-refractivity contribution is 0.146. The van der Waals surface area contributed by atoms with E-state index in [-0.39, 0.29) is 6.04 Å². The number of para-hydroxylation sites is 1. The third-order valence-corrected chi connectivity index (χ3v) is 5.55. The van der Waals surface area contributed by atoms with Crippen molar-refractivity contribution in [3.8, 4) is 0 Å². The minimum absolute atomic E-state index is 0.211. The average Bonchev–Trinajstić information content (AvgIpc) is 3.31. The molecule has 1 atom stereocenters. The summed E-state index contributed by atoms with van der Waals surface area (Å²) in [7, 11) is 1.81. The summed E-state index contributed by atoms with van der Waals surface area (Å²) >= 11 is 0. The molecule has 29 heavy (non-hydrogen) atoms. The molecule has 0 radical (unpaired) electrons. The summed E-state index contributed by atoms with van der Waals surface area (Å²) in [5.74, 6) is 1.79. The number of rotatable bonds is 6. The molecule has 1 aliphatic heterocycles. The highest BCUT2D eigenvalue weighted by Gasteiger charge is 2.24. The lowest BCUT2D eigenvalue weighted by atomic mass is 10.1. The van der Waals surface area contributed by atoms with Gasteiger partial charge < -0.3 is 15.1 Å². The summed E-state index contributed by atoms with van der Waals surface area (Å²) < 4.78 is 5.74. The number of aromatic nitrogens is 1. The van der Waals surface area contributed by atoms with Gasteiger partial charge in [-0.05, 0) is 49.7 Å². The lowest BCUT2D eigenvalue weighted by Crippen LogP contribution is -2.44. The highest BCUT2D eigenvalue weighted by atomic mass is 16.3. The van der Waals surface area contributed by atoms with E-state index in [4.69, 9.17) is 4.42 Å². The van der Waals surface area contributed by atoms with Crippen LogP contribution >= 0.6 is 0 Å². The van der Waals surface area contributed by atoms with Crippen molar-refractivity contribution in [1.82, 2.24) is 20.5 Å². The molecule has 2 N–H and O–H groups in total. The highest BCUT2D eigenvalue weighted by Crippen LogP contribution is 2.24. The Bertz CT molecular complexity index is 926. The second kappa shape index (κ2) is 9.56. The Hall–Kier alpha value is -2.86. The molecule has 0 aliphatic carbocycles. The SMILES string of the molecule is CN=C(NCc1cccc2cccnc12)NCC(c1ccco1)N1CCCCC1. The molecule has 0 saturated carbocycles. The molecule has 6 nitrogen and oxygen atoms in total. The van der Waals surface area contributed by atoms with Crippen molar-refractivity contribution < 1.29 is 4.42 Å². The molecule has 1 unspecified atom stereocenters. The van der Waals surface area contributed by atoms with Crippen LogP contribution in [0.1, 0.15) is 36.6 Å². The number of likely N-dealkylation sites (tertiary alicyclic amines) is 1. The Balaban J connectivity index is 1.40. The van der Waals surface area contributed by atoms with E-state index in [0.717, 1.165) is 47.8 Å². The van der Waals surface area contributed by atoms with Crippen LogP contribution in [0.3, 0.4) is 0 Å². The molecule has 1 saturated heterocycles. The smallest absolute Gasteiger partial charge is 0.191 e. The molecule has 0 bridgehead atoms. The monoisotopic (exact) mass is 391 g/mol. The molecular formula is C23H29N5O. The molecule has 152 valence electrons. The Labute approximate surface area is 172 Å². The quantitative estimate of drug-likeness (QED) is 0.495. The third-order valence-electron chi connectivity index (χ3n) is 5.55. The van der Waals surface area contributed by atoms with Gasteiger partial charge in [-0.3, -0.25) is 14.9 Å². The zero-order chi connectivity index (χ0) is 19.9. The molecule has 1 fully saturated rings. The molecule has 0 spiro atoms. The number of guanidine groups is 1. The van der Waals surface area contributed by atoms with Crippen LogP contribution in [0.15, 0.2) is 64.3 Å². The fourth-order valence-electron chi connectivity index (χ4n) is 4.02. The van der Waals surface area contributed by atoms with Crippen LogP contribution in [0.4, 0.5) is 0 Å². The van der Waals surface area contributed by atoms with Crippen LogP contribution in [0.5, 0.6) is 0 Å². The molecule has 4 rings (SSSR count). The van der Waals surface area contributed by atoms with Gasteiger partial charge in [-0.25, -0.2) is 0 Å². The number of furan rings is 1. The van der Waals surface area contributed by atoms with Gasteiger partial charge in [0, 0.05) is 31.7 Å². The molecule has 3 heterocycles. The second-order valence-corrected chi connectivity index (χ2v) is 7.43. The normalized spacial score (nSPS) is 16.7. The summed E-state index contributed by atoms with van der Waals surface area (Å²) in [5.41, 5.74) is 2.18. The summed E-state index contributed by atoms with van der Waals surface area (Å²) in [5, 5.41) is 8.07. The van der Waals surface area contributed by atoms with Gasteiger partial charge in [-0.1, -0.05) is 30.7 Å². The van der Waals surface area contributed by atoms with Gasteiger partial charge in [0.05, 0.1) is 17.8 Å². The number of pyridine rings is 1. The van der Waals surface area contributed by atoms with Gasteiger partial charge in [0.2, 0.25) is 0 Å². The number of benzene rings is 1. The number of nitrogens with zero attached hydrogens (tertiary/aromatic N) is 3. The number of hydrogen-bond acceptors (Lipinski definition) is 4. The minimum Gasteiger partial charge on any atom is -0.468 e. The zero-order valence-electron chi connectivity index (χ0n) is 17.0. The number of aliphatic imine (C=N–C) groups is 1. The Morgan fingerprint density at radius 2 is 1.97 bits per heavy atom. The fraction of sp³-hybridized carbons (Fsp3) is 0.391. The van der Waals surface area contributed by atoms with Crippen molar-refractivity contribution in [2.24, 2.45) is 4.99 Å². The Morgan fingerprint density at radius 1 is 1.10 bits per heavy atom. The molecule has 6 heteroatoms. The van der Waals surface area contributed by atoms with E-state index in [1.807, 2.05) is 18.3 Å². The van der Waals surface area contributed by atoms with E-state index >= 15 is 0 Å².